The van der Waals surface area contributed by atoms with E-state index in [2.05, 4.69) is 14.8 Å². The van der Waals surface area contributed by atoms with Gasteiger partial charge in [-0.2, -0.15) is 0 Å². The molecule has 152 valence electrons. The van der Waals surface area contributed by atoms with Crippen LogP contribution in [0.15, 0.2) is 53.4 Å². The van der Waals surface area contributed by atoms with E-state index in [0.29, 0.717) is 5.69 Å². The van der Waals surface area contributed by atoms with Crippen LogP contribution in [0.5, 0.6) is 5.75 Å². The Labute approximate surface area is 160 Å². The van der Waals surface area contributed by atoms with Crippen LogP contribution < -0.4 is 14.8 Å². The van der Waals surface area contributed by atoms with E-state index in [4.69, 9.17) is 0 Å². The highest BCUT2D eigenvalue weighted by atomic mass is 32.2. The third-order valence-electron chi connectivity index (χ3n) is 3.44. The summed E-state index contributed by atoms with van der Waals surface area (Å²) in [7, 11) is -4.34. The number of amides is 1. The molecule has 0 bridgehead atoms. The number of benzene rings is 2. The van der Waals surface area contributed by atoms with Crippen molar-refractivity contribution in [1.29, 1.82) is 0 Å². The number of sulfonamides is 1. The highest BCUT2D eigenvalue weighted by Crippen LogP contribution is 2.30. The van der Waals surface area contributed by atoms with E-state index in [-0.39, 0.29) is 11.6 Å². The fourth-order valence-corrected chi connectivity index (χ4v) is 3.22. The average Bonchev–Trinajstić information content (AvgIpc) is 2.54. The first kappa shape index (κ1) is 21.5. The number of anilines is 2. The zero-order valence-electron chi connectivity index (χ0n) is 15.3. The minimum atomic E-state index is -5.03. The third kappa shape index (κ3) is 5.88. The van der Waals surface area contributed by atoms with Gasteiger partial charge in [-0.25, -0.2) is 8.42 Å². The van der Waals surface area contributed by atoms with Crippen LogP contribution in [0.2, 0.25) is 0 Å². The number of hydrogen-bond donors (Lipinski definition) is 2. The van der Waals surface area contributed by atoms with Crippen molar-refractivity contribution >= 4 is 27.3 Å². The third-order valence-corrected chi connectivity index (χ3v) is 4.86. The van der Waals surface area contributed by atoms with Gasteiger partial charge < -0.3 is 10.1 Å². The van der Waals surface area contributed by atoms with Gasteiger partial charge in [0.2, 0.25) is 5.91 Å². The van der Waals surface area contributed by atoms with Crippen molar-refractivity contribution < 1.29 is 31.1 Å². The number of para-hydroxylation sites is 1. The van der Waals surface area contributed by atoms with Crippen molar-refractivity contribution in [3.8, 4) is 5.75 Å². The van der Waals surface area contributed by atoms with Crippen LogP contribution in [0.1, 0.15) is 20.8 Å². The minimum Gasteiger partial charge on any atom is -0.404 e. The van der Waals surface area contributed by atoms with Gasteiger partial charge in [0.15, 0.2) is 0 Å². The Morgan fingerprint density at radius 3 is 2.00 bits per heavy atom. The van der Waals surface area contributed by atoms with Crippen LogP contribution >= 0.6 is 0 Å². The molecule has 0 unspecified atom stereocenters. The monoisotopic (exact) mass is 416 g/mol. The van der Waals surface area contributed by atoms with Gasteiger partial charge in [-0.3, -0.25) is 9.52 Å². The Hall–Kier alpha value is -2.75. The molecule has 0 fully saturated rings. The first-order chi connectivity index (χ1) is 12.8. The summed E-state index contributed by atoms with van der Waals surface area (Å²) in [6, 6.07) is 10.1. The summed E-state index contributed by atoms with van der Waals surface area (Å²) in [5.41, 5.74) is -0.0538. The van der Waals surface area contributed by atoms with Crippen LogP contribution in [0.25, 0.3) is 0 Å². The van der Waals surface area contributed by atoms with Crippen molar-refractivity contribution in [3.05, 3.63) is 48.5 Å². The lowest BCUT2D eigenvalue weighted by atomic mass is 9.95. The molecule has 2 rings (SSSR count). The van der Waals surface area contributed by atoms with Crippen LogP contribution in [-0.2, 0) is 14.8 Å². The van der Waals surface area contributed by atoms with Gasteiger partial charge in [-0.1, -0.05) is 32.9 Å². The Morgan fingerprint density at radius 1 is 0.929 bits per heavy atom. The molecule has 0 aliphatic heterocycles. The number of nitrogens with one attached hydrogen (secondary N) is 2. The van der Waals surface area contributed by atoms with Gasteiger partial charge in [0.1, 0.15) is 10.6 Å². The van der Waals surface area contributed by atoms with Crippen LogP contribution in [0.3, 0.4) is 0 Å². The van der Waals surface area contributed by atoms with Crippen LogP contribution in [0.4, 0.5) is 24.5 Å². The molecule has 0 spiro atoms. The molecule has 6 nitrogen and oxygen atoms in total. The fourth-order valence-electron chi connectivity index (χ4n) is 2.03. The summed E-state index contributed by atoms with van der Waals surface area (Å²) in [4.78, 5) is 11.3. The zero-order valence-corrected chi connectivity index (χ0v) is 16.1. The first-order valence-electron chi connectivity index (χ1n) is 8.07. The standard InChI is InChI=1S/C18H19F3N2O4S/c1-17(2,3)16(24)22-12-8-10-13(11-9-12)23-28(25,26)15-7-5-4-6-14(15)27-18(19,20)21/h4-11,23H,1-3H3,(H,22,24). The molecule has 2 aromatic carbocycles. The van der Waals surface area contributed by atoms with Crippen molar-refractivity contribution in [2.75, 3.05) is 10.0 Å². The summed E-state index contributed by atoms with van der Waals surface area (Å²) >= 11 is 0. The van der Waals surface area contributed by atoms with E-state index >= 15 is 0 Å². The number of carbonyl (C=O) groups excluding carboxylic acids is 1. The molecule has 2 aromatic rings. The fraction of sp³-hybridized carbons (Fsp3) is 0.278. The predicted octanol–water partition coefficient (Wildman–Crippen LogP) is 4.37. The maximum absolute atomic E-state index is 12.5. The SMILES string of the molecule is CC(C)(C)C(=O)Nc1ccc(NS(=O)(=O)c2ccccc2OC(F)(F)F)cc1. The molecule has 0 aliphatic rings. The molecule has 10 heteroatoms. The second-order valence-corrected chi connectivity index (χ2v) is 8.53. The molecule has 1 amide bonds. The molecule has 0 atom stereocenters. The minimum absolute atomic E-state index is 0.107. The van der Waals surface area contributed by atoms with E-state index < -0.39 is 32.4 Å². The van der Waals surface area contributed by atoms with Gasteiger partial charge in [-0.05, 0) is 36.4 Å². The molecular weight excluding hydrogens is 397 g/mol. The first-order valence-corrected chi connectivity index (χ1v) is 9.55. The van der Waals surface area contributed by atoms with Gasteiger partial charge in [-0.15, -0.1) is 13.2 Å². The van der Waals surface area contributed by atoms with Crippen molar-refractivity contribution in [3.63, 3.8) is 0 Å². The average molecular weight is 416 g/mol. The van der Waals surface area contributed by atoms with Crippen LogP contribution in [0, 0.1) is 5.41 Å². The van der Waals surface area contributed by atoms with Crippen molar-refractivity contribution in [2.24, 2.45) is 5.41 Å². The van der Waals surface area contributed by atoms with E-state index in [9.17, 15) is 26.4 Å². The van der Waals surface area contributed by atoms with Gasteiger partial charge in [0.05, 0.1) is 0 Å². The van der Waals surface area contributed by atoms with Gasteiger partial charge in [0.25, 0.3) is 10.0 Å². The zero-order chi connectivity index (χ0) is 21.2. The summed E-state index contributed by atoms with van der Waals surface area (Å²) in [5, 5.41) is 2.68. The number of halogens is 3. The summed E-state index contributed by atoms with van der Waals surface area (Å²) < 4.78 is 68.4. The van der Waals surface area contributed by atoms with Crippen molar-refractivity contribution in [1.82, 2.24) is 0 Å². The highest BCUT2D eigenvalue weighted by Gasteiger charge is 2.34. The maximum Gasteiger partial charge on any atom is 0.573 e. The second-order valence-electron chi connectivity index (χ2n) is 6.88. The van der Waals surface area contributed by atoms with E-state index in [1.807, 2.05) is 0 Å². The number of rotatable bonds is 5. The van der Waals surface area contributed by atoms with Gasteiger partial charge >= 0.3 is 6.36 Å². The predicted molar refractivity (Wildman–Crippen MR) is 98.5 cm³/mol. The molecule has 0 aliphatic carbocycles. The lowest BCUT2D eigenvalue weighted by Crippen LogP contribution is -2.27. The quantitative estimate of drug-likeness (QED) is 0.758. The van der Waals surface area contributed by atoms with E-state index in [1.165, 1.54) is 36.4 Å². The lowest BCUT2D eigenvalue weighted by Gasteiger charge is -2.18. The van der Waals surface area contributed by atoms with Crippen molar-refractivity contribution in [2.45, 2.75) is 32.0 Å². The highest BCUT2D eigenvalue weighted by molar-refractivity contribution is 7.92. The number of hydrogen-bond acceptors (Lipinski definition) is 4. The van der Waals surface area contributed by atoms with Crippen LogP contribution in [-0.4, -0.2) is 20.7 Å². The molecule has 0 aromatic heterocycles. The number of alkyl halides is 3. The molecule has 0 saturated carbocycles. The topological polar surface area (TPSA) is 84.5 Å². The Kier molecular flexibility index (Phi) is 5.93. The maximum atomic E-state index is 12.5. The van der Waals surface area contributed by atoms with E-state index in [0.717, 1.165) is 12.1 Å². The Balaban J connectivity index is 2.21. The molecular formula is C18H19F3N2O4S. The van der Waals surface area contributed by atoms with Gasteiger partial charge in [0, 0.05) is 16.8 Å². The summed E-state index contributed by atoms with van der Waals surface area (Å²) in [6.07, 6.45) is -5.03. The molecule has 0 radical (unpaired) electrons. The molecule has 0 saturated heterocycles. The Bertz CT molecular complexity index is 950. The number of ether oxygens (including phenoxy) is 1. The lowest BCUT2D eigenvalue weighted by molar-refractivity contribution is -0.275. The normalized spacial score (nSPS) is 12.4. The molecule has 2 N–H and O–H groups in total. The molecule has 28 heavy (non-hydrogen) atoms. The Morgan fingerprint density at radius 2 is 1.46 bits per heavy atom. The largest absolute Gasteiger partial charge is 0.573 e. The second kappa shape index (κ2) is 7.70. The summed E-state index contributed by atoms with van der Waals surface area (Å²) in [6.45, 7) is 5.22. The summed E-state index contributed by atoms with van der Waals surface area (Å²) in [5.74, 6) is -1.06. The smallest absolute Gasteiger partial charge is 0.404 e. The molecule has 0 heterocycles. The van der Waals surface area contributed by atoms with E-state index in [1.54, 1.807) is 20.8 Å². The number of carbonyl (C=O) groups is 1.